The first-order valence-corrected chi connectivity index (χ1v) is 8.22. The molecule has 2 nitrogen and oxygen atoms in total. The topological polar surface area (TPSA) is 15.3 Å². The molecule has 0 bridgehead atoms. The molecular formula is C18H30N2. The van der Waals surface area contributed by atoms with Gasteiger partial charge in [-0.15, -0.1) is 0 Å². The zero-order valence-electron chi connectivity index (χ0n) is 13.3. The van der Waals surface area contributed by atoms with E-state index < -0.39 is 0 Å². The van der Waals surface area contributed by atoms with Gasteiger partial charge in [-0.1, -0.05) is 45.4 Å². The molecule has 2 unspecified atom stereocenters. The number of anilines is 1. The lowest BCUT2D eigenvalue weighted by Gasteiger charge is -2.40. The van der Waals surface area contributed by atoms with Gasteiger partial charge in [0, 0.05) is 24.8 Å². The fourth-order valence-electron chi connectivity index (χ4n) is 3.22. The Kier molecular flexibility index (Phi) is 5.90. The molecule has 2 heteroatoms. The van der Waals surface area contributed by atoms with Crippen molar-refractivity contribution < 1.29 is 0 Å². The third-order valence-electron chi connectivity index (χ3n) is 4.17. The van der Waals surface area contributed by atoms with Crippen LogP contribution in [0, 0.1) is 11.8 Å². The van der Waals surface area contributed by atoms with Gasteiger partial charge in [0.2, 0.25) is 0 Å². The lowest BCUT2D eigenvalue weighted by atomic mass is 9.90. The highest BCUT2D eigenvalue weighted by atomic mass is 15.2. The van der Waals surface area contributed by atoms with E-state index in [1.54, 1.807) is 0 Å². The minimum atomic E-state index is 0.642. The van der Waals surface area contributed by atoms with Gasteiger partial charge in [-0.25, -0.2) is 0 Å². The van der Waals surface area contributed by atoms with Crippen LogP contribution in [0.3, 0.4) is 0 Å². The lowest BCUT2D eigenvalue weighted by Crippen LogP contribution is -2.50. The highest BCUT2D eigenvalue weighted by molar-refractivity contribution is 5.46. The van der Waals surface area contributed by atoms with Crippen LogP contribution >= 0.6 is 0 Å². The molecule has 0 aromatic heterocycles. The van der Waals surface area contributed by atoms with Crippen molar-refractivity contribution in [1.29, 1.82) is 0 Å². The highest BCUT2D eigenvalue weighted by Crippen LogP contribution is 2.26. The maximum absolute atomic E-state index is 3.77. The molecule has 112 valence electrons. The Balaban J connectivity index is 2.00. The van der Waals surface area contributed by atoms with Crippen LogP contribution in [0.15, 0.2) is 30.3 Å². The van der Waals surface area contributed by atoms with Gasteiger partial charge < -0.3 is 10.2 Å². The summed E-state index contributed by atoms with van der Waals surface area (Å²) in [5, 5.41) is 3.77. The molecule has 0 saturated carbocycles. The smallest absolute Gasteiger partial charge is 0.0366 e. The minimum absolute atomic E-state index is 0.642. The number of hydrogen-bond donors (Lipinski definition) is 1. The average Bonchev–Trinajstić information content (AvgIpc) is 2.46. The van der Waals surface area contributed by atoms with E-state index in [-0.39, 0.29) is 0 Å². The maximum Gasteiger partial charge on any atom is 0.0366 e. The van der Waals surface area contributed by atoms with Crippen molar-refractivity contribution >= 4 is 5.69 Å². The van der Waals surface area contributed by atoms with Crippen LogP contribution in [-0.2, 0) is 0 Å². The predicted molar refractivity (Wildman–Crippen MR) is 88.3 cm³/mol. The second-order valence-electron chi connectivity index (χ2n) is 6.63. The fourth-order valence-corrected chi connectivity index (χ4v) is 3.22. The Hall–Kier alpha value is -1.02. The molecule has 1 fully saturated rings. The molecule has 20 heavy (non-hydrogen) atoms. The summed E-state index contributed by atoms with van der Waals surface area (Å²) in [6.45, 7) is 10.4. The summed E-state index contributed by atoms with van der Waals surface area (Å²) in [5.74, 6) is 1.56. The first-order valence-electron chi connectivity index (χ1n) is 8.22. The lowest BCUT2D eigenvalue weighted by molar-refractivity contribution is 0.310. The van der Waals surface area contributed by atoms with Gasteiger partial charge in [-0.3, -0.25) is 0 Å². The molecule has 1 N–H and O–H groups in total. The van der Waals surface area contributed by atoms with Gasteiger partial charge >= 0.3 is 0 Å². The van der Waals surface area contributed by atoms with E-state index in [4.69, 9.17) is 0 Å². The molecule has 2 atom stereocenters. The van der Waals surface area contributed by atoms with Crippen LogP contribution in [0.5, 0.6) is 0 Å². The van der Waals surface area contributed by atoms with E-state index >= 15 is 0 Å². The summed E-state index contributed by atoms with van der Waals surface area (Å²) in [6, 6.07) is 11.5. The number of benzene rings is 1. The number of rotatable bonds is 6. The molecule has 1 aromatic carbocycles. The van der Waals surface area contributed by atoms with E-state index in [1.807, 2.05) is 0 Å². The van der Waals surface area contributed by atoms with Gasteiger partial charge in [0.15, 0.2) is 0 Å². The summed E-state index contributed by atoms with van der Waals surface area (Å²) in [6.07, 6.45) is 3.98. The van der Waals surface area contributed by atoms with Crippen LogP contribution in [0.4, 0.5) is 5.69 Å². The second-order valence-corrected chi connectivity index (χ2v) is 6.63. The van der Waals surface area contributed by atoms with E-state index in [1.165, 1.54) is 31.5 Å². The Morgan fingerprint density at radius 1 is 1.20 bits per heavy atom. The third-order valence-corrected chi connectivity index (χ3v) is 4.17. The number of piperidine rings is 1. The second kappa shape index (κ2) is 7.68. The predicted octanol–water partition coefficient (Wildman–Crippen LogP) is 3.93. The van der Waals surface area contributed by atoms with Gasteiger partial charge in [0.05, 0.1) is 0 Å². The molecule has 0 amide bonds. The molecule has 1 aromatic rings. The van der Waals surface area contributed by atoms with Crippen molar-refractivity contribution in [3.05, 3.63) is 30.3 Å². The largest absolute Gasteiger partial charge is 0.370 e. The Morgan fingerprint density at radius 2 is 1.95 bits per heavy atom. The molecule has 1 aliphatic heterocycles. The van der Waals surface area contributed by atoms with Crippen LogP contribution < -0.4 is 10.2 Å². The zero-order valence-corrected chi connectivity index (χ0v) is 13.3. The Morgan fingerprint density at radius 3 is 2.60 bits per heavy atom. The number of hydrogen-bond acceptors (Lipinski definition) is 2. The Bertz CT molecular complexity index is 374. The van der Waals surface area contributed by atoms with Gasteiger partial charge in [-0.2, -0.15) is 0 Å². The molecule has 1 saturated heterocycles. The van der Waals surface area contributed by atoms with Crippen molar-refractivity contribution in [1.82, 2.24) is 5.32 Å². The van der Waals surface area contributed by atoms with Crippen molar-refractivity contribution in [2.45, 2.75) is 46.1 Å². The molecule has 0 radical (unpaired) electrons. The SMILES string of the molecule is CCCC1CC(NCC(C)C)CN(c2ccccc2)C1. The van der Waals surface area contributed by atoms with E-state index in [0.717, 1.165) is 24.9 Å². The quantitative estimate of drug-likeness (QED) is 0.845. The van der Waals surface area contributed by atoms with Crippen LogP contribution in [0.1, 0.15) is 40.0 Å². The molecule has 1 aliphatic rings. The standard InChI is InChI=1S/C18H30N2/c1-4-8-16-11-17(19-12-15(2)3)14-20(13-16)18-9-6-5-7-10-18/h5-7,9-10,15-17,19H,4,8,11-14H2,1-3H3. The normalized spacial score (nSPS) is 23.3. The number of para-hydroxylation sites is 1. The molecule has 0 aliphatic carbocycles. The highest BCUT2D eigenvalue weighted by Gasteiger charge is 2.26. The maximum atomic E-state index is 3.77. The summed E-state index contributed by atoms with van der Waals surface area (Å²) < 4.78 is 0. The molecule has 0 spiro atoms. The minimum Gasteiger partial charge on any atom is -0.370 e. The van der Waals surface area contributed by atoms with Crippen LogP contribution in [0.2, 0.25) is 0 Å². The van der Waals surface area contributed by atoms with Crippen LogP contribution in [-0.4, -0.2) is 25.7 Å². The zero-order chi connectivity index (χ0) is 14.4. The van der Waals surface area contributed by atoms with Gasteiger partial charge in [0.1, 0.15) is 0 Å². The first kappa shape index (κ1) is 15.4. The van der Waals surface area contributed by atoms with Gasteiger partial charge in [0.25, 0.3) is 0 Å². The van der Waals surface area contributed by atoms with Crippen molar-refractivity contribution in [3.63, 3.8) is 0 Å². The first-order chi connectivity index (χ1) is 9.69. The molecule has 1 heterocycles. The van der Waals surface area contributed by atoms with Crippen molar-refractivity contribution in [3.8, 4) is 0 Å². The monoisotopic (exact) mass is 274 g/mol. The van der Waals surface area contributed by atoms with E-state index in [0.29, 0.717) is 6.04 Å². The average molecular weight is 274 g/mol. The van der Waals surface area contributed by atoms with Crippen LogP contribution in [0.25, 0.3) is 0 Å². The summed E-state index contributed by atoms with van der Waals surface area (Å²) in [5.41, 5.74) is 1.38. The summed E-state index contributed by atoms with van der Waals surface area (Å²) >= 11 is 0. The van der Waals surface area contributed by atoms with Gasteiger partial charge in [-0.05, 0) is 43.4 Å². The number of nitrogens with one attached hydrogen (secondary N) is 1. The summed E-state index contributed by atoms with van der Waals surface area (Å²) in [7, 11) is 0. The number of nitrogens with zero attached hydrogens (tertiary/aromatic N) is 1. The van der Waals surface area contributed by atoms with Crippen molar-refractivity contribution in [2.75, 3.05) is 24.5 Å². The molecular weight excluding hydrogens is 244 g/mol. The third kappa shape index (κ3) is 4.52. The fraction of sp³-hybridized carbons (Fsp3) is 0.667. The molecule has 2 rings (SSSR count). The van der Waals surface area contributed by atoms with E-state index in [2.05, 4.69) is 61.3 Å². The Labute approximate surface area is 124 Å². The summed E-state index contributed by atoms with van der Waals surface area (Å²) in [4.78, 5) is 2.57. The van der Waals surface area contributed by atoms with Crippen molar-refractivity contribution in [2.24, 2.45) is 11.8 Å². The van der Waals surface area contributed by atoms with E-state index in [9.17, 15) is 0 Å².